The fourth-order valence-electron chi connectivity index (χ4n) is 12.2. The number of fused-ring (bicyclic) bond motifs is 4. The molecular formula is C87H116N20O24P4S4. The molecule has 12 aromatic rings. The number of ether oxygens (including phenoxy) is 4. The summed E-state index contributed by atoms with van der Waals surface area (Å²) >= 11 is 4.55. The number of hydrogen-bond acceptors (Lipinski definition) is 40. The highest BCUT2D eigenvalue weighted by molar-refractivity contribution is 8.14. The maximum absolute atomic E-state index is 13.4. The Morgan fingerprint density at radius 2 is 0.647 bits per heavy atom. The van der Waals surface area contributed by atoms with Crippen molar-refractivity contribution in [2.75, 3.05) is 124 Å². The van der Waals surface area contributed by atoms with Crippen LogP contribution in [-0.2, 0) is 145 Å². The van der Waals surface area contributed by atoms with Gasteiger partial charge in [-0.15, -0.1) is 0 Å². The molecule has 0 amide bonds. The van der Waals surface area contributed by atoms with E-state index in [0.29, 0.717) is 78.2 Å². The van der Waals surface area contributed by atoms with Crippen molar-refractivity contribution in [1.82, 2.24) is 78.1 Å². The molecular weight excluding hydrogens is 1960 g/mol. The number of anilines is 4. The molecule has 0 aliphatic heterocycles. The van der Waals surface area contributed by atoms with Gasteiger partial charge in [-0.3, -0.25) is 76.6 Å². The summed E-state index contributed by atoms with van der Waals surface area (Å²) < 4.78 is 127. The molecule has 4 atom stereocenters. The van der Waals surface area contributed by atoms with Crippen molar-refractivity contribution in [3.05, 3.63) is 208 Å². The summed E-state index contributed by atoms with van der Waals surface area (Å²) in [5.41, 5.74) is 30.1. The quantitative estimate of drug-likeness (QED) is 0.0130. The van der Waals surface area contributed by atoms with Crippen LogP contribution in [0, 0.1) is 39.0 Å². The van der Waals surface area contributed by atoms with Gasteiger partial charge in [-0.2, -0.15) is 19.9 Å². The van der Waals surface area contributed by atoms with Crippen LogP contribution in [0.4, 0.5) is 23.8 Å². The molecule has 4 aromatic carbocycles. The number of benzene rings is 4. The Morgan fingerprint density at radius 1 is 0.388 bits per heavy atom. The molecule has 8 aromatic heterocycles. The van der Waals surface area contributed by atoms with Crippen molar-refractivity contribution < 1.29 is 92.6 Å². The molecule has 52 heteroatoms. The summed E-state index contributed by atoms with van der Waals surface area (Å²) in [4.78, 5) is 137. The maximum atomic E-state index is 13.4. The lowest BCUT2D eigenvalue weighted by atomic mass is 9.87. The number of carbonyl (C=O) groups is 4. The second-order valence-electron chi connectivity index (χ2n) is 32.3. The number of nitrogens with one attached hydrogen (secondary N) is 4. The van der Waals surface area contributed by atoms with Gasteiger partial charge in [-0.05, 0) is 62.8 Å². The van der Waals surface area contributed by atoms with E-state index in [4.69, 9.17) is 78.1 Å². The minimum Gasteiger partial charge on any atom is -0.369 e. The van der Waals surface area contributed by atoms with E-state index in [-0.39, 0.29) is 177 Å². The predicted molar refractivity (Wildman–Crippen MR) is 534 cm³/mol. The number of imidazole rings is 4. The predicted octanol–water partition coefficient (Wildman–Crippen LogP) is 13.0. The first kappa shape index (κ1) is 111. The highest BCUT2D eigenvalue weighted by Gasteiger charge is 2.32. The Kier molecular flexibility index (Phi) is 43.3. The minimum absolute atomic E-state index is 0.00812. The number of aromatic nitrogens is 16. The first-order valence-electron chi connectivity index (χ1n) is 43.9. The Labute approximate surface area is 816 Å². The number of nitrogens with two attached hydrogens (primary N) is 4. The Morgan fingerprint density at radius 3 is 0.892 bits per heavy atom. The van der Waals surface area contributed by atoms with Gasteiger partial charge in [-0.1, -0.05) is 200 Å². The molecule has 0 saturated heterocycles. The lowest BCUT2D eigenvalue weighted by Crippen LogP contribution is -2.20. The molecule has 1 aliphatic carbocycles. The van der Waals surface area contributed by atoms with Crippen LogP contribution < -0.4 is 45.2 Å². The number of thioether (sulfide) groups is 4. The van der Waals surface area contributed by atoms with Gasteiger partial charge < -0.3 is 96.3 Å². The summed E-state index contributed by atoms with van der Waals surface area (Å²) in [7, 11) is -14.4. The van der Waals surface area contributed by atoms with Crippen LogP contribution in [0.2, 0.25) is 0 Å². The SMILES string of the molecule is CC(=O)SCCOP(=O)(COCCn1cnc2c(=O)[nH]c(N)nc21)OCc1ccc(C)cc1.CCC(=O)SCCOP(=O)(COCCn1cnc2c(=O)[nH]c(N)nc21)OCc1ccc(C)cc1.Cc1ccc(COP(=O)(COCCn2cnc3c(=O)[nH]c(N)nc32)OCCSC(=O)C(C)(C)C)cc1.Cc1ccc(COP(=O)(COCCn2cnc3c(=O)[nH]c(N)nc32)OCCSC(=O)C2CCC2)cc1. The van der Waals surface area contributed by atoms with Crippen LogP contribution in [0.25, 0.3) is 44.7 Å². The molecule has 1 fully saturated rings. The van der Waals surface area contributed by atoms with Crippen LogP contribution in [0.1, 0.15) is 105 Å². The van der Waals surface area contributed by atoms with Crippen LogP contribution in [0.5, 0.6) is 0 Å². The molecule has 1 saturated carbocycles. The fraction of sp³-hybridized carbons (Fsp3) is 0.448. The van der Waals surface area contributed by atoms with Gasteiger partial charge in [0.25, 0.3) is 22.2 Å². The van der Waals surface area contributed by atoms with Gasteiger partial charge in [0, 0.05) is 73.9 Å². The summed E-state index contributed by atoms with van der Waals surface area (Å²) in [6.45, 7) is 19.2. The molecule has 0 radical (unpaired) electrons. The lowest BCUT2D eigenvalue weighted by Gasteiger charge is -2.23. The molecule has 1 aliphatic rings. The lowest BCUT2D eigenvalue weighted by molar-refractivity contribution is -0.117. The topological polar surface area (TPSA) is 606 Å². The monoisotopic (exact) mass is 2080 g/mol. The molecule has 8 heterocycles. The minimum atomic E-state index is -3.63. The van der Waals surface area contributed by atoms with E-state index in [9.17, 15) is 56.6 Å². The fourth-order valence-corrected chi connectivity index (χ4v) is 20.5. The summed E-state index contributed by atoms with van der Waals surface area (Å²) in [5, 5.41) is 0.178. The molecule has 0 bridgehead atoms. The number of carbonyl (C=O) groups excluding carboxylic acids is 4. The number of H-pyrrole nitrogens is 4. The van der Waals surface area contributed by atoms with Crippen molar-refractivity contribution in [2.45, 2.75) is 141 Å². The average molecular weight is 2080 g/mol. The van der Waals surface area contributed by atoms with Crippen LogP contribution in [0.3, 0.4) is 0 Å². The molecule has 13 rings (SSSR count). The normalized spacial score (nSPS) is 14.0. The number of nitrogen functional groups attached to an aromatic ring is 4. The molecule has 44 nitrogen and oxygen atoms in total. The van der Waals surface area contributed by atoms with E-state index in [2.05, 4.69) is 59.8 Å². The summed E-state index contributed by atoms with van der Waals surface area (Å²) in [6, 6.07) is 30.7. The first-order chi connectivity index (χ1) is 66.3. The van der Waals surface area contributed by atoms with Crippen molar-refractivity contribution in [3.63, 3.8) is 0 Å². The van der Waals surface area contributed by atoms with E-state index in [1.165, 1.54) is 44.0 Å². The van der Waals surface area contributed by atoms with Crippen LogP contribution >= 0.6 is 77.4 Å². The highest BCUT2D eigenvalue weighted by Crippen LogP contribution is 2.52. The zero-order valence-corrected chi connectivity index (χ0v) is 85.2. The van der Waals surface area contributed by atoms with Gasteiger partial charge in [0.15, 0.2) is 65.1 Å². The van der Waals surface area contributed by atoms with E-state index < -0.39 is 58.0 Å². The average Bonchev–Trinajstić information content (AvgIpc) is 1.67. The molecule has 139 heavy (non-hydrogen) atoms. The van der Waals surface area contributed by atoms with Crippen molar-refractivity contribution in [2.24, 2.45) is 11.3 Å². The summed E-state index contributed by atoms with van der Waals surface area (Å²) in [5.74, 6) is 1.56. The smallest absolute Gasteiger partial charge is 0.356 e. The van der Waals surface area contributed by atoms with Gasteiger partial charge in [0.2, 0.25) is 23.8 Å². The van der Waals surface area contributed by atoms with E-state index in [0.717, 1.165) is 99.1 Å². The Balaban J connectivity index is 0.000000191. The third kappa shape index (κ3) is 36.5. The van der Waals surface area contributed by atoms with Gasteiger partial charge in [0.1, 0.15) is 25.4 Å². The second-order valence-corrected chi connectivity index (χ2v) is 44.9. The number of rotatable bonds is 50. The van der Waals surface area contributed by atoms with Crippen molar-refractivity contribution >= 4 is 166 Å². The third-order valence-corrected chi connectivity index (χ3v) is 30.3. The standard InChI is InChI=1S/C23H30N5O6PS.C23H32N5O6PS.C21H28N5O6PS.C20H26N5O6PS/c1-16-5-7-17(8-6-16)13-34-35(31,33-11-12-36-22(30)18-3-2-4-18)15-32-10-9-28-14-25-19-20(28)26-23(24)27-21(19)29;1-16-5-7-17(8-6-16)13-34-35(31,33-11-12-36-21(30)23(2,3)4)15-32-10-9-28-14-25-18-19(28)26-22(24)27-20(18)29;1-3-17(27)34-11-10-31-33(29,32-12-16-6-4-15(2)5-7-16)14-30-9-8-26-13-23-18-19(26)24-21(22)25-20(18)28;1-14-3-5-16(6-4-14)11-31-32(28,30-9-10-33-15(2)26)13-29-8-7-25-12-22-17-18(25)23-20(21)24-19(17)27/h5-8,14,18H,2-4,9-13,15H2,1H3,(H3,24,26,27,29);5-8,14H,9-13,15H2,1-4H3,(H3,24,26,27,29);4-7,13H,3,8-12,14H2,1-2H3,(H3,22,24,25,28);3-6,12H,7-11,13H2,1-2H3,(H3,21,23,24,27). The highest BCUT2D eigenvalue weighted by atomic mass is 32.2. The van der Waals surface area contributed by atoms with Crippen LogP contribution in [0.15, 0.2) is 142 Å². The largest absolute Gasteiger partial charge is 0.369 e. The zero-order valence-electron chi connectivity index (χ0n) is 78.3. The van der Waals surface area contributed by atoms with E-state index in [1.807, 2.05) is 146 Å². The van der Waals surface area contributed by atoms with E-state index in [1.54, 1.807) is 25.2 Å². The van der Waals surface area contributed by atoms with Crippen LogP contribution in [-0.4, -0.2) is 200 Å². The maximum Gasteiger partial charge on any atom is 0.356 e. The number of aryl methyl sites for hydroxylation is 4. The van der Waals surface area contributed by atoms with Gasteiger partial charge >= 0.3 is 30.4 Å². The number of aromatic amines is 4. The molecule has 0 spiro atoms. The second kappa shape index (κ2) is 54.3. The first-order valence-corrected chi connectivity index (χ1v) is 54.7. The Hall–Kier alpha value is -10.0. The van der Waals surface area contributed by atoms with Gasteiger partial charge in [0.05, 0.1) is 105 Å². The van der Waals surface area contributed by atoms with Crippen molar-refractivity contribution in [3.8, 4) is 0 Å². The number of hydrogen-bond donors (Lipinski definition) is 8. The van der Waals surface area contributed by atoms with Gasteiger partial charge in [-0.25, -0.2) is 19.9 Å². The third-order valence-electron chi connectivity index (χ3n) is 19.9. The molecule has 4 unspecified atom stereocenters. The van der Waals surface area contributed by atoms with Crippen molar-refractivity contribution in [1.29, 1.82) is 0 Å². The zero-order chi connectivity index (χ0) is 100. The number of nitrogens with zero attached hydrogens (tertiary/aromatic N) is 12. The summed E-state index contributed by atoms with van der Waals surface area (Å²) in [6.07, 6.45) is 8.18. The molecule has 752 valence electrons. The Bertz CT molecular complexity index is 6540. The van der Waals surface area contributed by atoms with E-state index >= 15 is 0 Å². The molecule has 12 N–H and O–H groups in total.